The molecule has 2 N–H and O–H groups in total. The Labute approximate surface area is 146 Å². The van der Waals surface area contributed by atoms with E-state index in [1.54, 1.807) is 0 Å². The van der Waals surface area contributed by atoms with E-state index in [0.29, 0.717) is 19.6 Å². The lowest BCUT2D eigenvalue weighted by molar-refractivity contribution is 0.273. The molecule has 6 nitrogen and oxygen atoms in total. The quantitative estimate of drug-likeness (QED) is 0.751. The second-order valence-corrected chi connectivity index (χ2v) is 8.35. The Balaban J connectivity index is 1.87. The monoisotopic (exact) mass is 354 g/mol. The maximum absolute atomic E-state index is 11.6. The largest absolute Gasteiger partial charge is 0.384 e. The molecule has 1 saturated heterocycles. The fraction of sp³-hybridized carbons (Fsp3) is 0.647. The van der Waals surface area contributed by atoms with Gasteiger partial charge in [0, 0.05) is 38.4 Å². The van der Waals surface area contributed by atoms with Gasteiger partial charge in [-0.3, -0.25) is 0 Å². The molecule has 1 aliphatic heterocycles. The van der Waals surface area contributed by atoms with Gasteiger partial charge in [-0.2, -0.15) is 0 Å². The van der Waals surface area contributed by atoms with Crippen LogP contribution in [0.15, 0.2) is 18.2 Å². The maximum Gasteiger partial charge on any atom is 0.211 e. The molecule has 24 heavy (non-hydrogen) atoms. The highest BCUT2D eigenvalue weighted by atomic mass is 32.2. The highest BCUT2D eigenvalue weighted by Gasteiger charge is 2.13. The van der Waals surface area contributed by atoms with Crippen molar-refractivity contribution in [1.82, 2.24) is 9.31 Å². The molecule has 0 bridgehead atoms. The normalized spacial score (nSPS) is 16.3. The summed E-state index contributed by atoms with van der Waals surface area (Å²) in [6.45, 7) is 7.70. The van der Waals surface area contributed by atoms with Gasteiger partial charge in [-0.25, -0.2) is 17.7 Å². The molecule has 0 atom stereocenters. The first-order valence-electron chi connectivity index (χ1n) is 8.71. The van der Waals surface area contributed by atoms with Gasteiger partial charge in [-0.05, 0) is 43.5 Å². The Morgan fingerprint density at radius 1 is 1.21 bits per heavy atom. The molecule has 1 heterocycles. The first kappa shape index (κ1) is 19.0. The van der Waals surface area contributed by atoms with Crippen LogP contribution in [0.5, 0.6) is 0 Å². The summed E-state index contributed by atoms with van der Waals surface area (Å²) >= 11 is 0. The molecule has 7 heteroatoms. The summed E-state index contributed by atoms with van der Waals surface area (Å²) in [5.74, 6) is 0. The van der Waals surface area contributed by atoms with E-state index in [4.69, 9.17) is 0 Å². The molecule has 0 aliphatic carbocycles. The second-order valence-electron chi connectivity index (χ2n) is 6.37. The molecule has 1 aliphatic rings. The van der Waals surface area contributed by atoms with Gasteiger partial charge in [0.1, 0.15) is 0 Å². The number of likely N-dealkylation sites (N-methyl/N-ethyl adjacent to an activating group) is 1. The number of sulfonamides is 1. The van der Waals surface area contributed by atoms with E-state index >= 15 is 0 Å². The van der Waals surface area contributed by atoms with Gasteiger partial charge in [-0.1, -0.05) is 13.3 Å². The average Bonchev–Trinajstić information content (AvgIpc) is 2.54. The molecule has 0 aromatic heterocycles. The predicted octanol–water partition coefficient (Wildman–Crippen LogP) is 2.50. The van der Waals surface area contributed by atoms with Crippen LogP contribution >= 0.6 is 0 Å². The lowest BCUT2D eigenvalue weighted by Gasteiger charge is -2.28. The minimum absolute atomic E-state index is 0.474. The van der Waals surface area contributed by atoms with E-state index < -0.39 is 10.0 Å². The third-order valence-electron chi connectivity index (χ3n) is 4.37. The Kier molecular flexibility index (Phi) is 6.89. The first-order chi connectivity index (χ1) is 11.4. The molecule has 0 saturated carbocycles. The zero-order chi connectivity index (χ0) is 17.6. The van der Waals surface area contributed by atoms with Crippen LogP contribution in [0.3, 0.4) is 0 Å². The predicted molar refractivity (Wildman–Crippen MR) is 101 cm³/mol. The van der Waals surface area contributed by atoms with Crippen LogP contribution in [-0.4, -0.2) is 56.7 Å². The van der Waals surface area contributed by atoms with E-state index in [2.05, 4.69) is 34.8 Å². The zero-order valence-electron chi connectivity index (χ0n) is 15.0. The summed E-state index contributed by atoms with van der Waals surface area (Å²) in [6, 6.07) is 6.22. The van der Waals surface area contributed by atoms with Gasteiger partial charge in [0.15, 0.2) is 0 Å². The summed E-state index contributed by atoms with van der Waals surface area (Å²) in [5, 5.41) is 5.59. The van der Waals surface area contributed by atoms with Crippen LogP contribution in [0.1, 0.15) is 31.7 Å². The van der Waals surface area contributed by atoms with Crippen molar-refractivity contribution >= 4 is 21.4 Å². The highest BCUT2D eigenvalue weighted by molar-refractivity contribution is 7.88. The molecule has 1 aromatic carbocycles. The number of hydrogen-bond acceptors (Lipinski definition) is 5. The van der Waals surface area contributed by atoms with E-state index in [9.17, 15) is 8.42 Å². The molecule has 0 spiro atoms. The van der Waals surface area contributed by atoms with Crippen molar-refractivity contribution in [3.63, 3.8) is 0 Å². The minimum atomic E-state index is -3.12. The third kappa shape index (κ3) is 5.65. The molecule has 0 amide bonds. The van der Waals surface area contributed by atoms with Crippen molar-refractivity contribution in [1.29, 1.82) is 0 Å². The van der Waals surface area contributed by atoms with Crippen LogP contribution in [-0.2, 0) is 10.0 Å². The van der Waals surface area contributed by atoms with Crippen LogP contribution in [0, 0.1) is 6.92 Å². The van der Waals surface area contributed by atoms with E-state index in [1.807, 2.05) is 13.0 Å². The van der Waals surface area contributed by atoms with Gasteiger partial charge in [0.25, 0.3) is 0 Å². The summed E-state index contributed by atoms with van der Waals surface area (Å²) < 4.78 is 24.6. The SMILES string of the molecule is CCN(CCNc1ccc(NN2CCCCC2)c(C)c1)S(C)(=O)=O. The smallest absolute Gasteiger partial charge is 0.211 e. The fourth-order valence-electron chi connectivity index (χ4n) is 2.96. The van der Waals surface area contributed by atoms with Crippen molar-refractivity contribution in [2.75, 3.05) is 49.7 Å². The van der Waals surface area contributed by atoms with Crippen molar-refractivity contribution in [3.05, 3.63) is 23.8 Å². The molecule has 136 valence electrons. The molecule has 0 unspecified atom stereocenters. The fourth-order valence-corrected chi connectivity index (χ4v) is 3.85. The van der Waals surface area contributed by atoms with Gasteiger partial charge in [-0.15, -0.1) is 0 Å². The molecular weight excluding hydrogens is 324 g/mol. The Hall–Kier alpha value is -1.31. The van der Waals surface area contributed by atoms with Crippen molar-refractivity contribution in [2.45, 2.75) is 33.1 Å². The Bertz CT molecular complexity index is 627. The van der Waals surface area contributed by atoms with Crippen molar-refractivity contribution < 1.29 is 8.42 Å². The minimum Gasteiger partial charge on any atom is -0.384 e. The Morgan fingerprint density at radius 3 is 2.50 bits per heavy atom. The summed E-state index contributed by atoms with van der Waals surface area (Å²) in [7, 11) is -3.12. The second kappa shape index (κ2) is 8.69. The number of benzene rings is 1. The molecule has 1 fully saturated rings. The van der Waals surface area contributed by atoms with Crippen LogP contribution < -0.4 is 10.7 Å². The van der Waals surface area contributed by atoms with Gasteiger partial charge < -0.3 is 10.7 Å². The maximum atomic E-state index is 11.6. The van der Waals surface area contributed by atoms with Gasteiger partial charge in [0.05, 0.1) is 11.9 Å². The number of aryl methyl sites for hydroxylation is 1. The number of anilines is 2. The number of hydrogen-bond donors (Lipinski definition) is 2. The summed E-state index contributed by atoms with van der Waals surface area (Å²) in [6.07, 6.45) is 5.07. The highest BCUT2D eigenvalue weighted by Crippen LogP contribution is 2.21. The number of hydrazine groups is 1. The van der Waals surface area contributed by atoms with Gasteiger partial charge in [0.2, 0.25) is 10.0 Å². The van der Waals surface area contributed by atoms with Gasteiger partial charge >= 0.3 is 0 Å². The van der Waals surface area contributed by atoms with Crippen molar-refractivity contribution in [3.8, 4) is 0 Å². The molecule has 0 radical (unpaired) electrons. The molecule has 2 rings (SSSR count). The number of rotatable bonds is 8. The lowest BCUT2D eigenvalue weighted by atomic mass is 10.1. The van der Waals surface area contributed by atoms with E-state index in [-0.39, 0.29) is 0 Å². The molecule has 1 aromatic rings. The number of nitrogens with one attached hydrogen (secondary N) is 2. The zero-order valence-corrected chi connectivity index (χ0v) is 15.8. The standard InChI is InChI=1S/C17H30N4O2S/c1-4-21(24(3,22)23)13-10-18-16-8-9-17(15(2)14-16)19-20-11-6-5-7-12-20/h8-9,14,18-19H,4-7,10-13H2,1-3H3. The molecular formula is C17H30N4O2S. The van der Waals surface area contributed by atoms with Crippen LogP contribution in [0.2, 0.25) is 0 Å². The average molecular weight is 355 g/mol. The van der Waals surface area contributed by atoms with E-state index in [0.717, 1.165) is 24.5 Å². The first-order valence-corrected chi connectivity index (χ1v) is 10.6. The number of piperidine rings is 1. The summed E-state index contributed by atoms with van der Waals surface area (Å²) in [5.41, 5.74) is 6.83. The lowest BCUT2D eigenvalue weighted by Crippen LogP contribution is -2.35. The number of nitrogens with zero attached hydrogens (tertiary/aromatic N) is 2. The van der Waals surface area contributed by atoms with Crippen LogP contribution in [0.25, 0.3) is 0 Å². The van der Waals surface area contributed by atoms with E-state index in [1.165, 1.54) is 35.4 Å². The third-order valence-corrected chi connectivity index (χ3v) is 5.75. The Morgan fingerprint density at radius 2 is 1.92 bits per heavy atom. The topological polar surface area (TPSA) is 64.7 Å². The van der Waals surface area contributed by atoms with Crippen molar-refractivity contribution in [2.24, 2.45) is 0 Å². The summed E-state index contributed by atoms with van der Waals surface area (Å²) in [4.78, 5) is 0. The van der Waals surface area contributed by atoms with Crippen LogP contribution in [0.4, 0.5) is 11.4 Å².